The van der Waals surface area contributed by atoms with E-state index in [4.69, 9.17) is 4.74 Å². The molecular formula is C16H27N3O. The average Bonchev–Trinajstić information content (AvgIpc) is 2.45. The van der Waals surface area contributed by atoms with E-state index in [-0.39, 0.29) is 6.10 Å². The Balaban J connectivity index is 2.19. The lowest BCUT2D eigenvalue weighted by molar-refractivity contribution is 0.242. The van der Waals surface area contributed by atoms with Gasteiger partial charge in [-0.1, -0.05) is 13.0 Å². The average molecular weight is 277 g/mol. The van der Waals surface area contributed by atoms with Crippen LogP contribution < -0.4 is 20.3 Å². The molecule has 0 bridgehead atoms. The van der Waals surface area contributed by atoms with Crippen molar-refractivity contribution in [1.29, 1.82) is 0 Å². The molecule has 1 aromatic carbocycles. The summed E-state index contributed by atoms with van der Waals surface area (Å²) in [6.07, 6.45) is 0.200. The minimum Gasteiger partial charge on any atom is -0.489 e. The third-order valence-corrected chi connectivity index (χ3v) is 3.42. The van der Waals surface area contributed by atoms with Gasteiger partial charge in [0.1, 0.15) is 5.75 Å². The molecule has 1 heterocycles. The first-order valence-corrected chi connectivity index (χ1v) is 7.66. The number of anilines is 1. The van der Waals surface area contributed by atoms with Gasteiger partial charge in [-0.15, -0.1) is 0 Å². The molecule has 0 unspecified atom stereocenters. The molecule has 0 amide bonds. The van der Waals surface area contributed by atoms with E-state index in [1.54, 1.807) is 0 Å². The van der Waals surface area contributed by atoms with Gasteiger partial charge in [-0.2, -0.15) is 0 Å². The van der Waals surface area contributed by atoms with E-state index < -0.39 is 0 Å². The van der Waals surface area contributed by atoms with Crippen molar-refractivity contribution >= 4 is 5.69 Å². The summed E-state index contributed by atoms with van der Waals surface area (Å²) >= 11 is 0. The topological polar surface area (TPSA) is 36.5 Å². The Morgan fingerprint density at radius 2 is 2.05 bits per heavy atom. The third kappa shape index (κ3) is 4.12. The van der Waals surface area contributed by atoms with Crippen molar-refractivity contribution in [1.82, 2.24) is 10.6 Å². The summed E-state index contributed by atoms with van der Waals surface area (Å²) in [5.74, 6) is 1.01. The number of rotatable bonds is 6. The van der Waals surface area contributed by atoms with Crippen molar-refractivity contribution in [2.75, 3.05) is 37.6 Å². The van der Waals surface area contributed by atoms with Gasteiger partial charge in [0.15, 0.2) is 0 Å². The quantitative estimate of drug-likeness (QED) is 0.834. The molecule has 112 valence electrons. The fraction of sp³-hybridized carbons (Fsp3) is 0.625. The summed E-state index contributed by atoms with van der Waals surface area (Å²) < 4.78 is 6.03. The van der Waals surface area contributed by atoms with Crippen LogP contribution in [0.15, 0.2) is 18.2 Å². The zero-order chi connectivity index (χ0) is 14.4. The first-order valence-electron chi connectivity index (χ1n) is 7.66. The van der Waals surface area contributed by atoms with Crippen LogP contribution in [0.1, 0.15) is 26.3 Å². The van der Waals surface area contributed by atoms with Crippen LogP contribution in [-0.2, 0) is 6.54 Å². The van der Waals surface area contributed by atoms with E-state index in [1.165, 1.54) is 11.3 Å². The molecule has 0 aromatic heterocycles. The van der Waals surface area contributed by atoms with E-state index in [9.17, 15) is 0 Å². The van der Waals surface area contributed by atoms with Crippen molar-refractivity contribution in [3.8, 4) is 5.75 Å². The van der Waals surface area contributed by atoms with Gasteiger partial charge >= 0.3 is 0 Å². The molecule has 1 saturated heterocycles. The highest BCUT2D eigenvalue weighted by Crippen LogP contribution is 2.30. The molecule has 1 fully saturated rings. The highest BCUT2D eigenvalue weighted by atomic mass is 16.5. The summed E-state index contributed by atoms with van der Waals surface area (Å²) in [4.78, 5) is 2.41. The van der Waals surface area contributed by atoms with E-state index in [0.29, 0.717) is 0 Å². The van der Waals surface area contributed by atoms with Crippen LogP contribution in [0.25, 0.3) is 0 Å². The fourth-order valence-electron chi connectivity index (χ4n) is 2.45. The zero-order valence-electron chi connectivity index (χ0n) is 12.9. The van der Waals surface area contributed by atoms with E-state index in [1.807, 2.05) is 0 Å². The molecule has 0 spiro atoms. The van der Waals surface area contributed by atoms with Crippen LogP contribution in [0.5, 0.6) is 5.75 Å². The summed E-state index contributed by atoms with van der Waals surface area (Å²) in [7, 11) is 0. The van der Waals surface area contributed by atoms with E-state index >= 15 is 0 Å². The minimum absolute atomic E-state index is 0.200. The Hall–Kier alpha value is -1.26. The predicted octanol–water partition coefficient (Wildman–Crippen LogP) is 1.99. The van der Waals surface area contributed by atoms with Crippen molar-refractivity contribution in [3.63, 3.8) is 0 Å². The second-order valence-electron chi connectivity index (χ2n) is 5.49. The summed E-state index contributed by atoms with van der Waals surface area (Å²) in [6, 6.07) is 6.59. The van der Waals surface area contributed by atoms with Gasteiger partial charge in [-0.05, 0) is 38.1 Å². The molecule has 1 aliphatic rings. The van der Waals surface area contributed by atoms with Crippen LogP contribution in [0.4, 0.5) is 5.69 Å². The van der Waals surface area contributed by atoms with E-state index in [2.05, 4.69) is 54.5 Å². The Labute approximate surface area is 122 Å². The maximum atomic E-state index is 6.03. The molecule has 4 heteroatoms. The van der Waals surface area contributed by atoms with Gasteiger partial charge in [0.05, 0.1) is 11.8 Å². The maximum absolute atomic E-state index is 6.03. The third-order valence-electron chi connectivity index (χ3n) is 3.42. The molecule has 1 aliphatic heterocycles. The predicted molar refractivity (Wildman–Crippen MR) is 84.7 cm³/mol. The van der Waals surface area contributed by atoms with Gasteiger partial charge in [0, 0.05) is 32.7 Å². The minimum atomic E-state index is 0.200. The fourth-order valence-corrected chi connectivity index (χ4v) is 2.45. The maximum Gasteiger partial charge on any atom is 0.143 e. The van der Waals surface area contributed by atoms with E-state index in [0.717, 1.165) is 45.0 Å². The summed E-state index contributed by atoms with van der Waals surface area (Å²) in [5.41, 5.74) is 2.50. The standard InChI is InChI=1S/C16H27N3O/c1-4-17-12-14-5-6-15(16(11-14)20-13(2)3)19-9-7-18-8-10-19/h5-6,11,13,17-18H,4,7-10,12H2,1-3H3. The Kier molecular flexibility index (Phi) is 5.68. The van der Waals surface area contributed by atoms with Gasteiger partial charge in [-0.3, -0.25) is 0 Å². The SMILES string of the molecule is CCNCc1ccc(N2CCNCC2)c(OC(C)C)c1. The summed E-state index contributed by atoms with van der Waals surface area (Å²) in [5, 5.41) is 6.76. The smallest absolute Gasteiger partial charge is 0.143 e. The lowest BCUT2D eigenvalue weighted by Crippen LogP contribution is -2.43. The molecule has 1 aromatic rings. The molecular weight excluding hydrogens is 250 g/mol. The second kappa shape index (κ2) is 7.50. The van der Waals surface area contributed by atoms with Crippen molar-refractivity contribution in [2.24, 2.45) is 0 Å². The monoisotopic (exact) mass is 277 g/mol. The first kappa shape index (κ1) is 15.1. The Morgan fingerprint density at radius 1 is 1.30 bits per heavy atom. The first-order chi connectivity index (χ1) is 9.70. The highest BCUT2D eigenvalue weighted by molar-refractivity contribution is 5.60. The Bertz CT molecular complexity index is 414. The molecule has 0 radical (unpaired) electrons. The molecule has 20 heavy (non-hydrogen) atoms. The number of hydrogen-bond acceptors (Lipinski definition) is 4. The molecule has 0 atom stereocenters. The molecule has 2 rings (SSSR count). The van der Waals surface area contributed by atoms with Gasteiger partial charge < -0.3 is 20.3 Å². The molecule has 0 saturated carbocycles. The number of piperazine rings is 1. The van der Waals surface area contributed by atoms with Crippen molar-refractivity contribution in [2.45, 2.75) is 33.4 Å². The number of ether oxygens (including phenoxy) is 1. The number of hydrogen-bond donors (Lipinski definition) is 2. The molecule has 0 aliphatic carbocycles. The van der Waals surface area contributed by atoms with Gasteiger partial charge in [-0.25, -0.2) is 0 Å². The lowest BCUT2D eigenvalue weighted by Gasteiger charge is -2.31. The van der Waals surface area contributed by atoms with Crippen LogP contribution in [0, 0.1) is 0 Å². The number of nitrogens with one attached hydrogen (secondary N) is 2. The summed E-state index contributed by atoms with van der Waals surface area (Å²) in [6.45, 7) is 12.3. The largest absolute Gasteiger partial charge is 0.489 e. The van der Waals surface area contributed by atoms with Crippen molar-refractivity contribution < 1.29 is 4.74 Å². The number of benzene rings is 1. The van der Waals surface area contributed by atoms with Crippen molar-refractivity contribution in [3.05, 3.63) is 23.8 Å². The van der Waals surface area contributed by atoms with Crippen LogP contribution in [0.2, 0.25) is 0 Å². The number of nitrogens with zero attached hydrogens (tertiary/aromatic N) is 1. The van der Waals surface area contributed by atoms with Crippen LogP contribution in [-0.4, -0.2) is 38.8 Å². The normalized spacial score (nSPS) is 15.7. The highest BCUT2D eigenvalue weighted by Gasteiger charge is 2.16. The van der Waals surface area contributed by atoms with Crippen LogP contribution in [0.3, 0.4) is 0 Å². The van der Waals surface area contributed by atoms with Gasteiger partial charge in [0.25, 0.3) is 0 Å². The second-order valence-corrected chi connectivity index (χ2v) is 5.49. The Morgan fingerprint density at radius 3 is 2.70 bits per heavy atom. The zero-order valence-corrected chi connectivity index (χ0v) is 12.9. The molecule has 4 nitrogen and oxygen atoms in total. The lowest BCUT2D eigenvalue weighted by atomic mass is 10.1. The van der Waals surface area contributed by atoms with Gasteiger partial charge in [0.2, 0.25) is 0 Å². The van der Waals surface area contributed by atoms with Crippen LogP contribution >= 0.6 is 0 Å². The molecule has 2 N–H and O–H groups in total.